The van der Waals surface area contributed by atoms with Crippen LogP contribution in [0.2, 0.25) is 0 Å². The van der Waals surface area contributed by atoms with E-state index in [9.17, 15) is 13.2 Å². The SMILES string of the molecule is Cc1ccc(NS(=O)(=O)c2ccc(NC(=O)NCC(C)C)cc2)cc1. The van der Waals surface area contributed by atoms with Gasteiger partial charge in [-0.2, -0.15) is 0 Å². The molecule has 0 heterocycles. The van der Waals surface area contributed by atoms with Crippen LogP contribution in [0.4, 0.5) is 16.2 Å². The molecule has 0 aliphatic carbocycles. The molecule has 0 bridgehead atoms. The molecule has 2 aromatic carbocycles. The van der Waals surface area contributed by atoms with Gasteiger partial charge in [-0.25, -0.2) is 13.2 Å². The van der Waals surface area contributed by atoms with Crippen LogP contribution in [0.3, 0.4) is 0 Å². The number of nitrogens with one attached hydrogen (secondary N) is 3. The molecular weight excluding hydrogens is 338 g/mol. The summed E-state index contributed by atoms with van der Waals surface area (Å²) in [5.74, 6) is 0.353. The Balaban J connectivity index is 2.02. The number of hydrogen-bond donors (Lipinski definition) is 3. The Morgan fingerprint density at radius 3 is 2.08 bits per heavy atom. The predicted molar refractivity (Wildman–Crippen MR) is 100 cm³/mol. The van der Waals surface area contributed by atoms with Gasteiger partial charge in [0.05, 0.1) is 4.90 Å². The van der Waals surface area contributed by atoms with Crippen LogP contribution in [0.5, 0.6) is 0 Å². The van der Waals surface area contributed by atoms with Crippen molar-refractivity contribution in [1.82, 2.24) is 5.32 Å². The molecule has 2 aromatic rings. The van der Waals surface area contributed by atoms with E-state index in [2.05, 4.69) is 15.4 Å². The summed E-state index contributed by atoms with van der Waals surface area (Å²) in [4.78, 5) is 11.8. The summed E-state index contributed by atoms with van der Waals surface area (Å²) in [6.45, 7) is 6.50. The molecule has 7 heteroatoms. The summed E-state index contributed by atoms with van der Waals surface area (Å²) in [6.07, 6.45) is 0. The van der Waals surface area contributed by atoms with Crippen LogP contribution in [-0.4, -0.2) is 21.0 Å². The quantitative estimate of drug-likeness (QED) is 0.735. The van der Waals surface area contributed by atoms with Gasteiger partial charge in [-0.1, -0.05) is 31.5 Å². The maximum Gasteiger partial charge on any atom is 0.319 e. The number of urea groups is 1. The molecular formula is C18H23N3O3S. The van der Waals surface area contributed by atoms with E-state index in [1.807, 2.05) is 32.9 Å². The molecule has 0 fully saturated rings. The zero-order chi connectivity index (χ0) is 18.4. The number of benzene rings is 2. The van der Waals surface area contributed by atoms with Crippen molar-refractivity contribution in [1.29, 1.82) is 0 Å². The summed E-state index contributed by atoms with van der Waals surface area (Å²) < 4.78 is 27.3. The van der Waals surface area contributed by atoms with Gasteiger partial charge in [0.2, 0.25) is 0 Å². The molecule has 0 saturated carbocycles. The number of sulfonamides is 1. The standard InChI is InChI=1S/C18H23N3O3S/c1-13(2)12-19-18(22)20-15-8-10-17(11-9-15)25(23,24)21-16-6-4-14(3)5-7-16/h4-11,13,21H,12H2,1-3H3,(H2,19,20,22). The van der Waals surface area contributed by atoms with Crippen molar-refractivity contribution in [3.63, 3.8) is 0 Å². The highest BCUT2D eigenvalue weighted by molar-refractivity contribution is 7.92. The van der Waals surface area contributed by atoms with Gasteiger partial charge in [0, 0.05) is 17.9 Å². The van der Waals surface area contributed by atoms with Crippen molar-refractivity contribution in [2.75, 3.05) is 16.6 Å². The molecule has 0 saturated heterocycles. The Morgan fingerprint density at radius 1 is 0.960 bits per heavy atom. The van der Waals surface area contributed by atoms with E-state index in [4.69, 9.17) is 0 Å². The largest absolute Gasteiger partial charge is 0.338 e. The minimum Gasteiger partial charge on any atom is -0.338 e. The third-order valence-corrected chi connectivity index (χ3v) is 4.79. The number of carbonyl (C=O) groups excluding carboxylic acids is 1. The van der Waals surface area contributed by atoms with Crippen LogP contribution in [0.25, 0.3) is 0 Å². The second-order valence-electron chi connectivity index (χ2n) is 6.22. The average molecular weight is 361 g/mol. The molecule has 0 spiro atoms. The Kier molecular flexibility index (Phi) is 6.03. The lowest BCUT2D eigenvalue weighted by Crippen LogP contribution is -2.31. The van der Waals surface area contributed by atoms with Crippen LogP contribution in [0.1, 0.15) is 19.4 Å². The molecule has 134 valence electrons. The molecule has 2 amide bonds. The molecule has 0 aromatic heterocycles. The van der Waals surface area contributed by atoms with Crippen LogP contribution >= 0.6 is 0 Å². The maximum atomic E-state index is 12.4. The minimum atomic E-state index is -3.67. The first-order valence-electron chi connectivity index (χ1n) is 8.00. The lowest BCUT2D eigenvalue weighted by molar-refractivity contribution is 0.251. The van der Waals surface area contributed by atoms with E-state index in [0.29, 0.717) is 23.8 Å². The predicted octanol–water partition coefficient (Wildman–Crippen LogP) is 3.57. The number of rotatable bonds is 6. The van der Waals surface area contributed by atoms with Gasteiger partial charge in [0.15, 0.2) is 0 Å². The van der Waals surface area contributed by atoms with Crippen LogP contribution in [-0.2, 0) is 10.0 Å². The number of anilines is 2. The summed E-state index contributed by atoms with van der Waals surface area (Å²) in [6, 6.07) is 12.8. The summed E-state index contributed by atoms with van der Waals surface area (Å²) in [5.41, 5.74) is 2.07. The van der Waals surface area contributed by atoms with Gasteiger partial charge in [0.25, 0.3) is 10.0 Å². The van der Waals surface area contributed by atoms with Gasteiger partial charge in [-0.05, 0) is 49.2 Å². The first-order valence-corrected chi connectivity index (χ1v) is 9.49. The van der Waals surface area contributed by atoms with Crippen molar-refractivity contribution in [2.45, 2.75) is 25.7 Å². The summed E-state index contributed by atoms with van der Waals surface area (Å²) in [5, 5.41) is 5.40. The zero-order valence-electron chi connectivity index (χ0n) is 14.5. The first-order chi connectivity index (χ1) is 11.8. The Labute approximate surface area is 148 Å². The van der Waals surface area contributed by atoms with Crippen molar-refractivity contribution in [3.8, 4) is 0 Å². The summed E-state index contributed by atoms with van der Waals surface area (Å²) >= 11 is 0. The molecule has 0 aliphatic heterocycles. The average Bonchev–Trinajstić information content (AvgIpc) is 2.55. The number of aryl methyl sites for hydroxylation is 1. The molecule has 3 N–H and O–H groups in total. The number of hydrogen-bond acceptors (Lipinski definition) is 3. The van der Waals surface area contributed by atoms with Gasteiger partial charge in [-0.15, -0.1) is 0 Å². The van der Waals surface area contributed by atoms with E-state index in [-0.39, 0.29) is 10.9 Å². The molecule has 6 nitrogen and oxygen atoms in total. The third kappa shape index (κ3) is 5.79. The van der Waals surface area contributed by atoms with Crippen LogP contribution in [0.15, 0.2) is 53.4 Å². The van der Waals surface area contributed by atoms with Gasteiger partial charge >= 0.3 is 6.03 Å². The monoisotopic (exact) mass is 361 g/mol. The van der Waals surface area contributed by atoms with Gasteiger partial charge < -0.3 is 10.6 Å². The third-order valence-electron chi connectivity index (χ3n) is 3.40. The second-order valence-corrected chi connectivity index (χ2v) is 7.91. The van der Waals surface area contributed by atoms with E-state index in [1.54, 1.807) is 24.3 Å². The molecule has 0 aliphatic rings. The normalized spacial score (nSPS) is 11.2. The van der Waals surface area contributed by atoms with Crippen molar-refractivity contribution in [2.24, 2.45) is 5.92 Å². The molecule has 0 unspecified atom stereocenters. The zero-order valence-corrected chi connectivity index (χ0v) is 15.4. The molecule has 0 atom stereocenters. The fourth-order valence-corrected chi connectivity index (χ4v) is 3.08. The topological polar surface area (TPSA) is 87.3 Å². The lowest BCUT2D eigenvalue weighted by Gasteiger charge is -2.11. The lowest BCUT2D eigenvalue weighted by atomic mass is 10.2. The number of carbonyl (C=O) groups is 1. The van der Waals surface area contributed by atoms with Crippen LogP contribution in [0, 0.1) is 12.8 Å². The van der Waals surface area contributed by atoms with E-state index < -0.39 is 10.0 Å². The first kappa shape index (κ1) is 18.8. The number of amides is 2. The Hall–Kier alpha value is -2.54. The highest BCUT2D eigenvalue weighted by atomic mass is 32.2. The van der Waals surface area contributed by atoms with E-state index in [1.165, 1.54) is 12.1 Å². The van der Waals surface area contributed by atoms with E-state index in [0.717, 1.165) is 5.56 Å². The van der Waals surface area contributed by atoms with Crippen molar-refractivity contribution >= 4 is 27.4 Å². The molecule has 2 rings (SSSR count). The Morgan fingerprint density at radius 2 is 1.52 bits per heavy atom. The highest BCUT2D eigenvalue weighted by Gasteiger charge is 2.14. The molecule has 0 radical (unpaired) electrons. The fourth-order valence-electron chi connectivity index (χ4n) is 2.03. The van der Waals surface area contributed by atoms with Gasteiger partial charge in [0.1, 0.15) is 0 Å². The van der Waals surface area contributed by atoms with E-state index >= 15 is 0 Å². The maximum absolute atomic E-state index is 12.4. The minimum absolute atomic E-state index is 0.126. The smallest absolute Gasteiger partial charge is 0.319 e. The molecule has 25 heavy (non-hydrogen) atoms. The van der Waals surface area contributed by atoms with Crippen molar-refractivity contribution in [3.05, 3.63) is 54.1 Å². The van der Waals surface area contributed by atoms with Crippen molar-refractivity contribution < 1.29 is 13.2 Å². The summed E-state index contributed by atoms with van der Waals surface area (Å²) in [7, 11) is -3.67. The second kappa shape index (κ2) is 8.02. The van der Waals surface area contributed by atoms with Gasteiger partial charge in [-0.3, -0.25) is 4.72 Å². The fraction of sp³-hybridized carbons (Fsp3) is 0.278. The Bertz CT molecular complexity index is 814. The van der Waals surface area contributed by atoms with Crippen LogP contribution < -0.4 is 15.4 Å². The highest BCUT2D eigenvalue weighted by Crippen LogP contribution is 2.18.